The zero-order valence-corrected chi connectivity index (χ0v) is 59.1. The molecule has 10 rings (SSSR count). The fourth-order valence-electron chi connectivity index (χ4n) is 12.4. The van der Waals surface area contributed by atoms with Gasteiger partial charge in [-0.1, -0.05) is 180 Å². The molecule has 2 aliphatic heterocycles. The van der Waals surface area contributed by atoms with Gasteiger partial charge in [0.15, 0.2) is 12.6 Å². The first-order valence-electron chi connectivity index (χ1n) is 34.1. The lowest BCUT2D eigenvalue weighted by atomic mass is 9.83. The predicted molar refractivity (Wildman–Crippen MR) is 385 cm³/mol. The number of rotatable bonds is 20. The molecule has 2 fully saturated rings. The van der Waals surface area contributed by atoms with Crippen LogP contribution in [0.4, 0.5) is 0 Å². The second kappa shape index (κ2) is 30.7. The zero-order valence-electron chi connectivity index (χ0n) is 60.1. The van der Waals surface area contributed by atoms with Crippen molar-refractivity contribution in [2.75, 3.05) is 39.6 Å². The first-order chi connectivity index (χ1) is 44.6. The van der Waals surface area contributed by atoms with E-state index in [9.17, 15) is 10.2 Å². The van der Waals surface area contributed by atoms with Crippen LogP contribution in [0.3, 0.4) is 0 Å². The number of aromatic hydroxyl groups is 2. The Balaban J connectivity index is 0.000000249. The fourth-order valence-corrected chi connectivity index (χ4v) is 12.4. The second-order valence-corrected chi connectivity index (χ2v) is 29.7. The van der Waals surface area contributed by atoms with Gasteiger partial charge in [0.2, 0.25) is 0 Å². The van der Waals surface area contributed by atoms with Gasteiger partial charge in [0.25, 0.3) is 0 Å². The molecule has 2 heterocycles. The summed E-state index contributed by atoms with van der Waals surface area (Å²) in [7, 11) is 0. The third kappa shape index (κ3) is 17.9. The van der Waals surface area contributed by atoms with E-state index in [-0.39, 0.29) is 35.7 Å². The van der Waals surface area contributed by atoms with Crippen molar-refractivity contribution in [2.45, 2.75) is 196 Å². The molecule has 8 aromatic carbocycles. The molecular weight excluding hydrogens is 1170 g/mol. The Hall–Kier alpha value is -7.92. The average Bonchev–Trinajstić information content (AvgIpc) is 0.799. The lowest BCUT2D eigenvalue weighted by molar-refractivity contribution is -0.106. The standard InChI is InChI=1S/C47H60O6.C37H44O4/c1-32-28-36(44(38(30-32)46(3,4)5)52-42-22-13-15-24-50-42)34-18-9-11-20-40(34)48-26-17-27-49-41-21-12-10-19-35(41)37-29-33(2)31-39(47(6,7)8)45(37)53-43-23-14-16-25-51-43;1-24-20-28(34(38)30(22-24)36(3,4)5)26-14-9-11-16-32(26)40-18-13-19-41-33-17-12-10-15-27(33)29-21-25(2)23-31(35(29)39)37(6,7)8/h9-12,18-21,28-31,42-43H,13-17,22-27H2,1-8H3;9-12,14-17,20-23,38-39H,13,18-19H2,1-8H3/p+1. The van der Waals surface area contributed by atoms with Crippen LogP contribution in [0.25, 0.3) is 44.5 Å². The van der Waals surface area contributed by atoms with E-state index in [0.29, 0.717) is 50.8 Å². The number of benzene rings is 8. The minimum atomic E-state index is -0.248. The smallest absolute Gasteiger partial charge is 0.507 e. The van der Waals surface area contributed by atoms with Gasteiger partial charge in [-0.3, -0.25) is 0 Å². The maximum atomic E-state index is 11.2. The Labute approximate surface area is 563 Å². The molecule has 0 spiro atoms. The fraction of sp³-hybridized carbons (Fsp3) is 0.429. The minimum Gasteiger partial charge on any atom is -0.507 e. The Morgan fingerprint density at radius 1 is 0.351 bits per heavy atom. The number of ether oxygens (including phenoxy) is 8. The molecule has 0 bridgehead atoms. The van der Waals surface area contributed by atoms with Crippen LogP contribution >= 0.6 is 0 Å². The van der Waals surface area contributed by atoms with Crippen molar-refractivity contribution >= 4 is 0 Å². The molecular formula is C84H105O10+. The number of phenols is 2. The Morgan fingerprint density at radius 3 is 0.894 bits per heavy atom. The molecule has 10 heteroatoms. The van der Waals surface area contributed by atoms with E-state index in [1.807, 2.05) is 84.9 Å². The Morgan fingerprint density at radius 2 is 0.617 bits per heavy atom. The molecule has 10 nitrogen and oxygen atoms in total. The maximum Gasteiger partial charge on any atom is 1.00 e. The van der Waals surface area contributed by atoms with E-state index in [4.69, 9.17) is 37.9 Å². The van der Waals surface area contributed by atoms with Crippen molar-refractivity contribution in [3.8, 4) is 90.5 Å². The van der Waals surface area contributed by atoms with E-state index in [1.165, 1.54) is 22.3 Å². The van der Waals surface area contributed by atoms with Crippen molar-refractivity contribution in [1.29, 1.82) is 0 Å². The molecule has 2 unspecified atom stereocenters. The van der Waals surface area contributed by atoms with Crippen LogP contribution < -0.4 is 28.4 Å². The highest BCUT2D eigenvalue weighted by Gasteiger charge is 2.31. The third-order valence-corrected chi connectivity index (χ3v) is 17.3. The van der Waals surface area contributed by atoms with Crippen LogP contribution in [-0.4, -0.2) is 62.4 Å². The predicted octanol–water partition coefficient (Wildman–Crippen LogP) is 21.5. The van der Waals surface area contributed by atoms with Crippen LogP contribution in [0.1, 0.15) is 180 Å². The molecule has 0 aromatic heterocycles. The molecule has 94 heavy (non-hydrogen) atoms. The summed E-state index contributed by atoms with van der Waals surface area (Å²) in [4.78, 5) is 0. The summed E-state index contributed by atoms with van der Waals surface area (Å²) >= 11 is 0. The molecule has 0 aliphatic carbocycles. The van der Waals surface area contributed by atoms with E-state index < -0.39 is 0 Å². The van der Waals surface area contributed by atoms with Gasteiger partial charge >= 0.3 is 1.43 Å². The number of phenolic OH excluding ortho intramolecular Hbond substituents is 2. The van der Waals surface area contributed by atoms with Gasteiger partial charge in [0.05, 0.1) is 39.6 Å². The highest BCUT2D eigenvalue weighted by atomic mass is 16.7. The van der Waals surface area contributed by atoms with E-state index in [1.54, 1.807) is 0 Å². The molecule has 8 aromatic rings. The van der Waals surface area contributed by atoms with E-state index >= 15 is 0 Å². The molecule has 0 radical (unpaired) electrons. The monoisotopic (exact) mass is 1270 g/mol. The Kier molecular flexibility index (Phi) is 23.0. The highest BCUT2D eigenvalue weighted by molar-refractivity contribution is 5.81. The summed E-state index contributed by atoms with van der Waals surface area (Å²) in [5.74, 6) is 5.48. The van der Waals surface area contributed by atoms with Gasteiger partial charge in [0.1, 0.15) is 46.0 Å². The normalized spacial score (nSPS) is 15.4. The quantitative estimate of drug-likeness (QED) is 0.0715. The summed E-state index contributed by atoms with van der Waals surface area (Å²) in [5, 5.41) is 22.4. The third-order valence-electron chi connectivity index (χ3n) is 17.3. The summed E-state index contributed by atoms with van der Waals surface area (Å²) in [6.45, 7) is 37.9. The molecule has 500 valence electrons. The van der Waals surface area contributed by atoms with Crippen LogP contribution in [-0.2, 0) is 31.1 Å². The molecule has 2 saturated heterocycles. The largest absolute Gasteiger partial charge is 1.00 e. The lowest BCUT2D eigenvalue weighted by Crippen LogP contribution is -2.27. The maximum absolute atomic E-state index is 11.2. The summed E-state index contributed by atoms with van der Waals surface area (Å²) in [6, 6.07) is 49.3. The zero-order chi connectivity index (χ0) is 67.5. The number of hydrogen-bond donors (Lipinski definition) is 2. The summed E-state index contributed by atoms with van der Waals surface area (Å²) in [6.07, 6.45) is 7.04. The summed E-state index contributed by atoms with van der Waals surface area (Å²) < 4.78 is 51.0. The average molecular weight is 1270 g/mol. The van der Waals surface area contributed by atoms with Gasteiger partial charge < -0.3 is 48.1 Å². The molecule has 2 N–H and O–H groups in total. The van der Waals surface area contributed by atoms with Crippen molar-refractivity contribution in [1.82, 2.24) is 0 Å². The van der Waals surface area contributed by atoms with Crippen LogP contribution in [0.2, 0.25) is 0 Å². The number of hydrogen-bond acceptors (Lipinski definition) is 10. The first kappa shape index (κ1) is 70.4. The van der Waals surface area contributed by atoms with Crippen molar-refractivity contribution < 1.29 is 49.5 Å². The van der Waals surface area contributed by atoms with Crippen LogP contribution in [0, 0.1) is 27.7 Å². The summed E-state index contributed by atoms with van der Waals surface area (Å²) in [5.41, 5.74) is 15.6. The molecule has 0 saturated carbocycles. The first-order valence-corrected chi connectivity index (χ1v) is 34.1. The van der Waals surface area contributed by atoms with Gasteiger partial charge in [-0.2, -0.15) is 0 Å². The number of aryl methyl sites for hydroxylation is 4. The topological polar surface area (TPSA) is 114 Å². The highest BCUT2D eigenvalue weighted by Crippen LogP contribution is 2.48. The number of para-hydroxylation sites is 4. The minimum absolute atomic E-state index is 0. The van der Waals surface area contributed by atoms with Crippen molar-refractivity contribution in [3.63, 3.8) is 0 Å². The van der Waals surface area contributed by atoms with Gasteiger partial charge in [-0.15, -0.1) is 0 Å². The van der Waals surface area contributed by atoms with Gasteiger partial charge in [-0.05, 0) is 146 Å². The van der Waals surface area contributed by atoms with Gasteiger partial charge in [0, 0.05) is 92.4 Å². The van der Waals surface area contributed by atoms with Gasteiger partial charge in [-0.25, -0.2) is 0 Å². The molecule has 2 aliphatic rings. The SMILES string of the molecule is Cc1cc(-c2ccccc2OCCCOc2ccccc2-c2cc(C)cc(C(C)(C)C)c2O)c(O)c(C(C)(C)C)c1.Cc1cc(-c2ccccc2OCCCOc2ccccc2-c2cc(C)cc(C(C)(C)C)c2OC2CCCCO2)c(OC2CCCCO2)c(C(C)(C)C)c1.[H+]. The van der Waals surface area contributed by atoms with E-state index in [2.05, 4.69) is 171 Å². The van der Waals surface area contributed by atoms with Crippen LogP contribution in [0.5, 0.6) is 46.0 Å². The lowest BCUT2D eigenvalue weighted by Gasteiger charge is -2.30. The van der Waals surface area contributed by atoms with Crippen molar-refractivity contribution in [2.24, 2.45) is 0 Å². The Bertz CT molecular complexity index is 3600. The van der Waals surface area contributed by atoms with E-state index in [0.717, 1.165) is 153 Å². The molecule has 2 atom stereocenters. The van der Waals surface area contributed by atoms with Crippen LogP contribution in [0.15, 0.2) is 146 Å². The van der Waals surface area contributed by atoms with Crippen molar-refractivity contribution in [3.05, 3.63) is 190 Å². The molecule has 0 amide bonds. The second-order valence-electron chi connectivity index (χ2n) is 29.7.